The van der Waals surface area contributed by atoms with Crippen LogP contribution in [-0.2, 0) is 4.79 Å². The lowest BCUT2D eigenvalue weighted by molar-refractivity contribution is -0.131. The smallest absolute Gasteiger partial charge is 0.238 e. The molecule has 2 aliphatic carbocycles. The molecule has 1 atom stereocenters. The van der Waals surface area contributed by atoms with Crippen LogP contribution < -0.4 is 5.32 Å². The van der Waals surface area contributed by atoms with Crippen LogP contribution in [-0.4, -0.2) is 23.4 Å². The maximum Gasteiger partial charge on any atom is 0.238 e. The monoisotopic (exact) mass is 292 g/mol. The standard InChI is InChI=1S/C16H18F2N2O/c17-11-5-6-12(13(18)7-11)16-19-8-14(21)20(16)15(9-1-2-9)10-3-4-10/h5-7,9-10,15-16,19H,1-4,8H2. The minimum absolute atomic E-state index is 0.0347. The first-order valence-corrected chi connectivity index (χ1v) is 7.64. The zero-order valence-electron chi connectivity index (χ0n) is 11.7. The first kappa shape index (κ1) is 13.2. The molecule has 1 saturated heterocycles. The molecule has 0 radical (unpaired) electrons. The molecule has 1 unspecified atom stereocenters. The van der Waals surface area contributed by atoms with Gasteiger partial charge >= 0.3 is 0 Å². The molecule has 1 N–H and O–H groups in total. The van der Waals surface area contributed by atoms with Crippen LogP contribution in [0.2, 0.25) is 0 Å². The van der Waals surface area contributed by atoms with Crippen molar-refractivity contribution in [1.29, 1.82) is 0 Å². The number of nitrogens with zero attached hydrogens (tertiary/aromatic N) is 1. The van der Waals surface area contributed by atoms with Crippen LogP contribution >= 0.6 is 0 Å². The fraction of sp³-hybridized carbons (Fsp3) is 0.562. The Balaban J connectivity index is 1.68. The SMILES string of the molecule is O=C1CNC(c2ccc(F)cc2F)N1C(C1CC1)C1CC1. The van der Waals surface area contributed by atoms with Gasteiger partial charge in [-0.05, 0) is 49.7 Å². The van der Waals surface area contributed by atoms with Crippen molar-refractivity contribution in [1.82, 2.24) is 10.2 Å². The van der Waals surface area contributed by atoms with Gasteiger partial charge in [-0.15, -0.1) is 0 Å². The maximum atomic E-state index is 14.1. The van der Waals surface area contributed by atoms with Crippen molar-refractivity contribution in [2.45, 2.75) is 37.9 Å². The number of amides is 1. The van der Waals surface area contributed by atoms with Crippen LogP contribution in [0.5, 0.6) is 0 Å². The Bertz CT molecular complexity index is 572. The topological polar surface area (TPSA) is 32.3 Å². The second-order valence-electron chi connectivity index (χ2n) is 6.42. The van der Waals surface area contributed by atoms with Crippen molar-refractivity contribution in [2.24, 2.45) is 11.8 Å². The van der Waals surface area contributed by atoms with Crippen LogP contribution in [0, 0.1) is 23.5 Å². The summed E-state index contributed by atoms with van der Waals surface area (Å²) in [7, 11) is 0. The van der Waals surface area contributed by atoms with E-state index in [2.05, 4.69) is 5.32 Å². The van der Waals surface area contributed by atoms with Gasteiger partial charge in [0.2, 0.25) is 5.91 Å². The van der Waals surface area contributed by atoms with Crippen LogP contribution in [0.1, 0.15) is 37.4 Å². The Morgan fingerprint density at radius 2 is 1.81 bits per heavy atom. The summed E-state index contributed by atoms with van der Waals surface area (Å²) < 4.78 is 27.2. The average molecular weight is 292 g/mol. The average Bonchev–Trinajstić information content (AvgIpc) is 3.33. The van der Waals surface area contributed by atoms with Crippen molar-refractivity contribution in [3.8, 4) is 0 Å². The van der Waals surface area contributed by atoms with Gasteiger partial charge in [-0.1, -0.05) is 0 Å². The minimum atomic E-state index is -0.590. The quantitative estimate of drug-likeness (QED) is 0.925. The van der Waals surface area contributed by atoms with E-state index in [-0.39, 0.29) is 18.5 Å². The zero-order valence-corrected chi connectivity index (χ0v) is 11.7. The summed E-state index contributed by atoms with van der Waals surface area (Å²) in [6.07, 6.45) is 4.17. The molecule has 0 bridgehead atoms. The van der Waals surface area contributed by atoms with E-state index < -0.39 is 17.8 Å². The number of carbonyl (C=O) groups excluding carboxylic acids is 1. The van der Waals surface area contributed by atoms with Gasteiger partial charge < -0.3 is 4.90 Å². The van der Waals surface area contributed by atoms with Gasteiger partial charge in [-0.2, -0.15) is 0 Å². The lowest BCUT2D eigenvalue weighted by Crippen LogP contribution is -2.42. The van der Waals surface area contributed by atoms with E-state index in [9.17, 15) is 13.6 Å². The van der Waals surface area contributed by atoms with Gasteiger partial charge in [0.15, 0.2) is 0 Å². The summed E-state index contributed by atoms with van der Waals surface area (Å²) in [5.74, 6) is -0.0159. The summed E-state index contributed by atoms with van der Waals surface area (Å²) in [5, 5.41) is 3.09. The molecule has 0 aromatic heterocycles. The molecule has 3 fully saturated rings. The van der Waals surface area contributed by atoms with Crippen LogP contribution in [0.4, 0.5) is 8.78 Å². The predicted octanol–water partition coefficient (Wildman–Crippen LogP) is 2.58. The second kappa shape index (κ2) is 4.77. The molecule has 112 valence electrons. The molecule has 1 amide bonds. The minimum Gasteiger partial charge on any atom is -0.318 e. The predicted molar refractivity (Wildman–Crippen MR) is 73.2 cm³/mol. The lowest BCUT2D eigenvalue weighted by atomic mass is 10.0. The van der Waals surface area contributed by atoms with E-state index >= 15 is 0 Å². The van der Waals surface area contributed by atoms with E-state index in [4.69, 9.17) is 0 Å². The lowest BCUT2D eigenvalue weighted by Gasteiger charge is -2.33. The van der Waals surface area contributed by atoms with Crippen molar-refractivity contribution >= 4 is 5.91 Å². The molecule has 1 aromatic carbocycles. The van der Waals surface area contributed by atoms with E-state index in [0.717, 1.165) is 31.7 Å². The van der Waals surface area contributed by atoms with Crippen molar-refractivity contribution in [3.05, 3.63) is 35.4 Å². The number of hydrogen-bond acceptors (Lipinski definition) is 2. The Labute approximate surface area is 122 Å². The van der Waals surface area contributed by atoms with Crippen molar-refractivity contribution < 1.29 is 13.6 Å². The molecule has 4 rings (SSSR count). The number of rotatable bonds is 4. The molecule has 3 aliphatic rings. The highest BCUT2D eigenvalue weighted by Crippen LogP contribution is 2.49. The van der Waals surface area contributed by atoms with Crippen LogP contribution in [0.25, 0.3) is 0 Å². The molecule has 2 saturated carbocycles. The third-order valence-electron chi connectivity index (χ3n) is 4.80. The third-order valence-corrected chi connectivity index (χ3v) is 4.80. The molecule has 5 heteroatoms. The Kier molecular flexibility index (Phi) is 2.99. The van der Waals surface area contributed by atoms with Gasteiger partial charge in [0.1, 0.15) is 17.8 Å². The zero-order chi connectivity index (χ0) is 14.6. The Hall–Kier alpha value is -1.49. The molecule has 3 nitrogen and oxygen atoms in total. The second-order valence-corrected chi connectivity index (χ2v) is 6.42. The number of benzene rings is 1. The highest BCUT2D eigenvalue weighted by Gasteiger charge is 2.50. The van der Waals surface area contributed by atoms with Crippen LogP contribution in [0.3, 0.4) is 0 Å². The molecular weight excluding hydrogens is 274 g/mol. The largest absolute Gasteiger partial charge is 0.318 e. The number of nitrogens with one attached hydrogen (secondary N) is 1. The summed E-state index contributed by atoms with van der Waals surface area (Å²) in [5.41, 5.74) is 0.369. The van der Waals surface area contributed by atoms with E-state index in [1.54, 1.807) is 0 Å². The molecule has 1 aromatic rings. The molecule has 0 spiro atoms. The van der Waals surface area contributed by atoms with Crippen molar-refractivity contribution in [3.63, 3.8) is 0 Å². The fourth-order valence-corrected chi connectivity index (χ4v) is 3.55. The number of carbonyl (C=O) groups is 1. The van der Waals surface area contributed by atoms with Crippen molar-refractivity contribution in [2.75, 3.05) is 6.54 Å². The molecule has 21 heavy (non-hydrogen) atoms. The maximum absolute atomic E-state index is 14.1. The highest BCUT2D eigenvalue weighted by atomic mass is 19.1. The third kappa shape index (κ3) is 2.33. The van der Waals surface area contributed by atoms with Gasteiger partial charge in [0, 0.05) is 17.7 Å². The summed E-state index contributed by atoms with van der Waals surface area (Å²) in [6, 6.07) is 3.82. The van der Waals surface area contributed by atoms with Gasteiger partial charge in [0.25, 0.3) is 0 Å². The van der Waals surface area contributed by atoms with Gasteiger partial charge in [0.05, 0.1) is 6.54 Å². The first-order valence-electron chi connectivity index (χ1n) is 7.64. The Morgan fingerprint density at radius 3 is 2.38 bits per heavy atom. The normalized spacial score (nSPS) is 26.0. The fourth-order valence-electron chi connectivity index (χ4n) is 3.55. The van der Waals surface area contributed by atoms with Gasteiger partial charge in [-0.3, -0.25) is 10.1 Å². The van der Waals surface area contributed by atoms with Crippen LogP contribution in [0.15, 0.2) is 18.2 Å². The molecule has 1 aliphatic heterocycles. The summed E-state index contributed by atoms with van der Waals surface area (Å²) in [4.78, 5) is 14.1. The number of hydrogen-bond donors (Lipinski definition) is 1. The van der Waals surface area contributed by atoms with Gasteiger partial charge in [-0.25, -0.2) is 8.78 Å². The molecule has 1 heterocycles. The summed E-state index contributed by atoms with van der Waals surface area (Å²) in [6.45, 7) is 0.234. The summed E-state index contributed by atoms with van der Waals surface area (Å²) >= 11 is 0. The highest BCUT2D eigenvalue weighted by molar-refractivity contribution is 5.81. The first-order chi connectivity index (χ1) is 10.1. The van der Waals surface area contributed by atoms with E-state index in [1.165, 1.54) is 12.1 Å². The van der Waals surface area contributed by atoms with E-state index in [1.807, 2.05) is 4.90 Å². The molecular formula is C16H18F2N2O. The number of halogens is 2. The Morgan fingerprint density at radius 1 is 1.14 bits per heavy atom. The van der Waals surface area contributed by atoms with E-state index in [0.29, 0.717) is 17.4 Å².